The van der Waals surface area contributed by atoms with Crippen LogP contribution in [0.15, 0.2) is 57.5 Å². The molecule has 0 saturated carbocycles. The largest absolute Gasteiger partial charge is 0.0835 e. The van der Waals surface area contributed by atoms with Gasteiger partial charge in [0.05, 0.1) is 0 Å². The SMILES string of the molecule is Brc1cccc(CC(Br)c2ccccc2Br)c1. The van der Waals surface area contributed by atoms with Crippen molar-refractivity contribution in [1.29, 1.82) is 0 Å². The second-order valence-corrected chi connectivity index (χ2v) is 6.70. The molecule has 0 radical (unpaired) electrons. The van der Waals surface area contributed by atoms with Crippen LogP contribution in [0.1, 0.15) is 16.0 Å². The van der Waals surface area contributed by atoms with E-state index < -0.39 is 0 Å². The maximum atomic E-state index is 3.75. The van der Waals surface area contributed by atoms with Crippen molar-refractivity contribution in [2.45, 2.75) is 11.2 Å². The average molecular weight is 419 g/mol. The number of hydrogen-bond acceptors (Lipinski definition) is 0. The Kier molecular flexibility index (Phi) is 4.83. The Hall–Kier alpha value is -0.120. The number of benzene rings is 2. The molecule has 0 heterocycles. The number of halogens is 3. The molecular weight excluding hydrogens is 408 g/mol. The van der Waals surface area contributed by atoms with Crippen LogP contribution in [-0.4, -0.2) is 0 Å². The first-order valence-corrected chi connectivity index (χ1v) is 7.80. The summed E-state index contributed by atoms with van der Waals surface area (Å²) in [6, 6.07) is 16.7. The summed E-state index contributed by atoms with van der Waals surface area (Å²) < 4.78 is 2.28. The molecule has 1 unspecified atom stereocenters. The Labute approximate surface area is 127 Å². The third-order valence-corrected chi connectivity index (χ3v) is 4.58. The maximum absolute atomic E-state index is 3.75. The van der Waals surface area contributed by atoms with Crippen molar-refractivity contribution in [1.82, 2.24) is 0 Å². The van der Waals surface area contributed by atoms with Crippen LogP contribution in [0, 0.1) is 0 Å². The minimum Gasteiger partial charge on any atom is -0.0835 e. The van der Waals surface area contributed by atoms with Gasteiger partial charge < -0.3 is 0 Å². The van der Waals surface area contributed by atoms with Gasteiger partial charge in [-0.3, -0.25) is 0 Å². The minimum absolute atomic E-state index is 0.326. The molecule has 2 aromatic rings. The van der Waals surface area contributed by atoms with Crippen LogP contribution in [0.5, 0.6) is 0 Å². The van der Waals surface area contributed by atoms with Crippen LogP contribution in [0.25, 0.3) is 0 Å². The van der Waals surface area contributed by atoms with Crippen LogP contribution < -0.4 is 0 Å². The van der Waals surface area contributed by atoms with Crippen LogP contribution in [0.2, 0.25) is 0 Å². The molecule has 1 atom stereocenters. The third kappa shape index (κ3) is 3.67. The molecule has 0 amide bonds. The lowest BCUT2D eigenvalue weighted by molar-refractivity contribution is 0.942. The lowest BCUT2D eigenvalue weighted by Gasteiger charge is -2.12. The van der Waals surface area contributed by atoms with E-state index in [0.717, 1.165) is 15.4 Å². The molecular formula is C14H11Br3. The quantitative estimate of drug-likeness (QED) is 0.545. The fourth-order valence-electron chi connectivity index (χ4n) is 1.71. The topological polar surface area (TPSA) is 0 Å². The van der Waals surface area contributed by atoms with Crippen LogP contribution >= 0.6 is 47.8 Å². The van der Waals surface area contributed by atoms with E-state index in [4.69, 9.17) is 0 Å². The fourth-order valence-corrected chi connectivity index (χ4v) is 3.80. The van der Waals surface area contributed by atoms with E-state index in [1.165, 1.54) is 11.1 Å². The molecule has 2 aromatic carbocycles. The molecule has 17 heavy (non-hydrogen) atoms. The molecule has 3 heteroatoms. The number of alkyl halides is 1. The van der Waals surface area contributed by atoms with Gasteiger partial charge in [0.2, 0.25) is 0 Å². The molecule has 0 aromatic heterocycles. The highest BCUT2D eigenvalue weighted by Gasteiger charge is 2.11. The molecule has 0 aliphatic heterocycles. The van der Waals surface area contributed by atoms with Gasteiger partial charge in [0.1, 0.15) is 0 Å². The molecule has 0 bridgehead atoms. The number of hydrogen-bond donors (Lipinski definition) is 0. The van der Waals surface area contributed by atoms with Gasteiger partial charge in [0, 0.05) is 13.8 Å². The van der Waals surface area contributed by atoms with Gasteiger partial charge in [0.25, 0.3) is 0 Å². The lowest BCUT2D eigenvalue weighted by Crippen LogP contribution is -1.96. The Morgan fingerprint density at radius 2 is 1.71 bits per heavy atom. The van der Waals surface area contributed by atoms with E-state index in [2.05, 4.69) is 84.2 Å². The molecule has 0 spiro atoms. The van der Waals surface area contributed by atoms with Crippen molar-refractivity contribution < 1.29 is 0 Å². The highest BCUT2D eigenvalue weighted by molar-refractivity contribution is 9.11. The zero-order chi connectivity index (χ0) is 12.3. The molecule has 88 valence electrons. The van der Waals surface area contributed by atoms with E-state index in [-0.39, 0.29) is 0 Å². The molecule has 0 saturated heterocycles. The van der Waals surface area contributed by atoms with Crippen molar-refractivity contribution in [3.05, 3.63) is 68.6 Å². The normalized spacial score (nSPS) is 12.4. The summed E-state index contributed by atoms with van der Waals surface area (Å²) in [5.41, 5.74) is 2.60. The fraction of sp³-hybridized carbons (Fsp3) is 0.143. The maximum Gasteiger partial charge on any atom is 0.0446 e. The van der Waals surface area contributed by atoms with Gasteiger partial charge in [-0.15, -0.1) is 0 Å². The van der Waals surface area contributed by atoms with Gasteiger partial charge in [0.15, 0.2) is 0 Å². The van der Waals surface area contributed by atoms with Gasteiger partial charge in [-0.05, 0) is 35.7 Å². The average Bonchev–Trinajstić information content (AvgIpc) is 2.29. The molecule has 0 fully saturated rings. The van der Waals surface area contributed by atoms with E-state index in [9.17, 15) is 0 Å². The molecule has 0 aliphatic rings. The Morgan fingerprint density at radius 3 is 2.41 bits per heavy atom. The zero-order valence-corrected chi connectivity index (χ0v) is 13.8. The molecule has 0 N–H and O–H groups in total. The predicted octanol–water partition coefficient (Wildman–Crippen LogP) is 5.89. The van der Waals surface area contributed by atoms with Gasteiger partial charge in [-0.1, -0.05) is 78.1 Å². The van der Waals surface area contributed by atoms with Crippen molar-refractivity contribution in [2.75, 3.05) is 0 Å². The summed E-state index contributed by atoms with van der Waals surface area (Å²) in [5.74, 6) is 0. The third-order valence-electron chi connectivity index (χ3n) is 2.55. The van der Waals surface area contributed by atoms with Crippen LogP contribution in [0.3, 0.4) is 0 Å². The van der Waals surface area contributed by atoms with Gasteiger partial charge in [-0.2, -0.15) is 0 Å². The Bertz CT molecular complexity index is 508. The zero-order valence-electron chi connectivity index (χ0n) is 9.04. The van der Waals surface area contributed by atoms with E-state index >= 15 is 0 Å². The summed E-state index contributed by atoms with van der Waals surface area (Å²) in [7, 11) is 0. The standard InChI is InChI=1S/C14H11Br3/c15-11-5-3-4-10(8-11)9-14(17)12-6-1-2-7-13(12)16/h1-8,14H,9H2. The monoisotopic (exact) mass is 416 g/mol. The van der Waals surface area contributed by atoms with Gasteiger partial charge >= 0.3 is 0 Å². The van der Waals surface area contributed by atoms with Crippen LogP contribution in [0.4, 0.5) is 0 Å². The lowest BCUT2D eigenvalue weighted by atomic mass is 10.0. The minimum atomic E-state index is 0.326. The first kappa shape index (κ1) is 13.3. The Balaban J connectivity index is 2.17. The summed E-state index contributed by atoms with van der Waals surface area (Å²) in [6.45, 7) is 0. The first-order chi connectivity index (χ1) is 8.16. The number of rotatable bonds is 3. The van der Waals surface area contributed by atoms with Crippen LogP contribution in [-0.2, 0) is 6.42 Å². The predicted molar refractivity (Wildman–Crippen MR) is 83.7 cm³/mol. The second kappa shape index (κ2) is 6.17. The summed E-state index contributed by atoms with van der Waals surface area (Å²) in [6.07, 6.45) is 0.974. The van der Waals surface area contributed by atoms with Crippen molar-refractivity contribution in [3.8, 4) is 0 Å². The highest BCUT2D eigenvalue weighted by Crippen LogP contribution is 2.32. The van der Waals surface area contributed by atoms with Gasteiger partial charge in [-0.25, -0.2) is 0 Å². The summed E-state index contributed by atoms with van der Waals surface area (Å²) >= 11 is 10.8. The summed E-state index contributed by atoms with van der Waals surface area (Å²) in [4.78, 5) is 0.326. The molecule has 0 aliphatic carbocycles. The Morgan fingerprint density at radius 1 is 0.941 bits per heavy atom. The second-order valence-electron chi connectivity index (χ2n) is 3.82. The highest BCUT2D eigenvalue weighted by atomic mass is 79.9. The van der Waals surface area contributed by atoms with E-state index in [0.29, 0.717) is 4.83 Å². The van der Waals surface area contributed by atoms with E-state index in [1.807, 2.05) is 12.1 Å². The molecule has 0 nitrogen and oxygen atoms in total. The molecule has 2 rings (SSSR count). The smallest absolute Gasteiger partial charge is 0.0446 e. The summed E-state index contributed by atoms with van der Waals surface area (Å²) in [5, 5.41) is 0. The van der Waals surface area contributed by atoms with Crippen molar-refractivity contribution >= 4 is 47.8 Å². The first-order valence-electron chi connectivity index (χ1n) is 5.30. The van der Waals surface area contributed by atoms with E-state index in [1.54, 1.807) is 0 Å². The van der Waals surface area contributed by atoms with Crippen molar-refractivity contribution in [3.63, 3.8) is 0 Å². The van der Waals surface area contributed by atoms with Crippen molar-refractivity contribution in [2.24, 2.45) is 0 Å².